The van der Waals surface area contributed by atoms with Gasteiger partial charge in [0.15, 0.2) is 6.29 Å². The number of ether oxygens (including phenoxy) is 1. The van der Waals surface area contributed by atoms with Gasteiger partial charge in [0.2, 0.25) is 0 Å². The van der Waals surface area contributed by atoms with E-state index in [9.17, 15) is 4.79 Å². The molecule has 0 amide bonds. The maximum atomic E-state index is 11.0. The summed E-state index contributed by atoms with van der Waals surface area (Å²) in [5, 5.41) is 0. The maximum absolute atomic E-state index is 11.0. The topological polar surface area (TPSA) is 44.8 Å². The van der Waals surface area contributed by atoms with E-state index in [0.29, 0.717) is 12.8 Å². The van der Waals surface area contributed by atoms with Crippen molar-refractivity contribution in [2.24, 2.45) is 0 Å². The van der Waals surface area contributed by atoms with Gasteiger partial charge in [-0.3, -0.25) is 4.79 Å². The minimum Gasteiger partial charge on any atom is -0.437 e. The van der Waals surface area contributed by atoms with Crippen LogP contribution in [-0.4, -0.2) is 27.9 Å². The van der Waals surface area contributed by atoms with Crippen molar-refractivity contribution >= 4 is 14.5 Å². The second-order valence-electron chi connectivity index (χ2n) is 3.40. The fraction of sp³-hybridized carbons (Fsp3) is 0.889. The first-order valence-corrected chi connectivity index (χ1v) is 7.69. The molecule has 0 aliphatic rings. The number of hydrogen-bond acceptors (Lipinski definition) is 4. The minimum atomic E-state index is -2.12. The smallest absolute Gasteiger partial charge is 0.334 e. The minimum absolute atomic E-state index is 0.238. The quantitative estimate of drug-likeness (QED) is 0.390. The monoisotopic (exact) mass is 220 g/mol. The van der Waals surface area contributed by atoms with Crippen molar-refractivity contribution in [3.63, 3.8) is 0 Å². The first-order valence-electron chi connectivity index (χ1n) is 4.87. The van der Waals surface area contributed by atoms with E-state index in [1.54, 1.807) is 14.0 Å². The van der Waals surface area contributed by atoms with Crippen LogP contribution in [0.25, 0.3) is 0 Å². The number of hydrogen-bond donors (Lipinski definition) is 0. The Hall–Kier alpha value is -0.393. The van der Waals surface area contributed by atoms with Gasteiger partial charge in [0.25, 0.3) is 0 Å². The molecular formula is C9H20O4Si. The van der Waals surface area contributed by atoms with E-state index in [1.165, 1.54) is 0 Å². The highest BCUT2D eigenvalue weighted by Gasteiger charge is 2.28. The Morgan fingerprint density at radius 2 is 1.93 bits per heavy atom. The van der Waals surface area contributed by atoms with Gasteiger partial charge in [-0.15, -0.1) is 0 Å². The molecule has 4 nitrogen and oxygen atoms in total. The zero-order chi connectivity index (χ0) is 11.2. The van der Waals surface area contributed by atoms with E-state index >= 15 is 0 Å². The highest BCUT2D eigenvalue weighted by Crippen LogP contribution is 2.12. The molecule has 0 fully saturated rings. The van der Waals surface area contributed by atoms with Gasteiger partial charge >= 0.3 is 14.5 Å². The summed E-state index contributed by atoms with van der Waals surface area (Å²) in [7, 11) is -0.506. The van der Waals surface area contributed by atoms with Crippen LogP contribution in [0.4, 0.5) is 0 Å². The molecule has 0 aromatic carbocycles. The molecule has 0 saturated carbocycles. The van der Waals surface area contributed by atoms with Gasteiger partial charge in [-0.05, 0) is 13.1 Å². The third kappa shape index (κ3) is 5.36. The fourth-order valence-corrected chi connectivity index (χ4v) is 1.73. The maximum Gasteiger partial charge on any atom is 0.334 e. The van der Waals surface area contributed by atoms with Crippen molar-refractivity contribution in [1.82, 2.24) is 0 Å². The standard InChI is InChI=1S/C9H20O4Si/c1-6-8(10)12-9(7-2)13-14(4,5)11-3/h9H,6-7H2,1-5H3. The zero-order valence-corrected chi connectivity index (χ0v) is 10.6. The second kappa shape index (κ2) is 6.16. The normalized spacial score (nSPS) is 13.8. The molecule has 0 heterocycles. The van der Waals surface area contributed by atoms with Crippen LogP contribution in [0, 0.1) is 0 Å². The van der Waals surface area contributed by atoms with E-state index < -0.39 is 14.9 Å². The lowest BCUT2D eigenvalue weighted by Gasteiger charge is -2.26. The number of carbonyl (C=O) groups excluding carboxylic acids is 1. The summed E-state index contributed by atoms with van der Waals surface area (Å²) in [4.78, 5) is 11.0. The Morgan fingerprint density at radius 3 is 2.29 bits per heavy atom. The van der Waals surface area contributed by atoms with Gasteiger partial charge < -0.3 is 13.6 Å². The van der Waals surface area contributed by atoms with Gasteiger partial charge in [-0.25, -0.2) is 0 Å². The van der Waals surface area contributed by atoms with Crippen molar-refractivity contribution in [1.29, 1.82) is 0 Å². The first kappa shape index (κ1) is 13.6. The summed E-state index contributed by atoms with van der Waals surface area (Å²) in [5.74, 6) is -0.238. The summed E-state index contributed by atoms with van der Waals surface area (Å²) >= 11 is 0. The molecule has 0 aliphatic heterocycles. The molecule has 84 valence electrons. The summed E-state index contributed by atoms with van der Waals surface area (Å²) in [5.41, 5.74) is 0. The molecule has 1 atom stereocenters. The Morgan fingerprint density at radius 1 is 1.36 bits per heavy atom. The highest BCUT2D eigenvalue weighted by molar-refractivity contribution is 6.64. The summed E-state index contributed by atoms with van der Waals surface area (Å²) < 4.78 is 15.9. The average molecular weight is 220 g/mol. The van der Waals surface area contributed by atoms with Gasteiger partial charge in [0.1, 0.15) is 0 Å². The Kier molecular flexibility index (Phi) is 5.99. The van der Waals surface area contributed by atoms with Crippen LogP contribution in [0.2, 0.25) is 13.1 Å². The average Bonchev–Trinajstić information content (AvgIpc) is 2.16. The lowest BCUT2D eigenvalue weighted by Crippen LogP contribution is -2.39. The van der Waals surface area contributed by atoms with Crippen LogP contribution in [-0.2, 0) is 18.4 Å². The molecule has 0 saturated heterocycles. The van der Waals surface area contributed by atoms with Crippen LogP contribution in [0.15, 0.2) is 0 Å². The summed E-state index contributed by atoms with van der Waals surface area (Å²) in [6.45, 7) is 7.49. The number of esters is 1. The molecule has 0 spiro atoms. The number of carbonyl (C=O) groups is 1. The third-order valence-corrected chi connectivity index (χ3v) is 3.61. The van der Waals surface area contributed by atoms with Crippen LogP contribution < -0.4 is 0 Å². The lowest BCUT2D eigenvalue weighted by atomic mass is 10.4. The Labute approximate surface area is 86.8 Å². The molecule has 0 aromatic rings. The van der Waals surface area contributed by atoms with Gasteiger partial charge in [0.05, 0.1) is 0 Å². The van der Waals surface area contributed by atoms with Crippen molar-refractivity contribution in [3.05, 3.63) is 0 Å². The summed E-state index contributed by atoms with van der Waals surface area (Å²) in [6.07, 6.45) is 0.546. The molecule has 14 heavy (non-hydrogen) atoms. The van der Waals surface area contributed by atoms with Gasteiger partial charge in [0, 0.05) is 20.0 Å². The largest absolute Gasteiger partial charge is 0.437 e. The van der Waals surface area contributed by atoms with E-state index in [2.05, 4.69) is 0 Å². The van der Waals surface area contributed by atoms with Crippen molar-refractivity contribution < 1.29 is 18.4 Å². The molecule has 0 aliphatic carbocycles. The fourth-order valence-electron chi connectivity index (χ4n) is 0.785. The van der Waals surface area contributed by atoms with Gasteiger partial charge in [-0.1, -0.05) is 13.8 Å². The molecule has 0 rings (SSSR count). The molecule has 0 radical (unpaired) electrons. The molecule has 5 heteroatoms. The highest BCUT2D eigenvalue weighted by atomic mass is 28.4. The first-order chi connectivity index (χ1) is 6.45. The zero-order valence-electron chi connectivity index (χ0n) is 9.62. The van der Waals surface area contributed by atoms with E-state index in [4.69, 9.17) is 13.6 Å². The van der Waals surface area contributed by atoms with Crippen LogP contribution >= 0.6 is 0 Å². The van der Waals surface area contributed by atoms with Crippen molar-refractivity contribution in [3.8, 4) is 0 Å². The molecule has 0 aromatic heterocycles. The SMILES string of the molecule is CCC(=O)OC(CC)O[Si](C)(C)OC. The Balaban J connectivity index is 4.09. The van der Waals surface area contributed by atoms with E-state index in [1.807, 2.05) is 20.0 Å². The van der Waals surface area contributed by atoms with Crippen molar-refractivity contribution in [2.45, 2.75) is 46.1 Å². The van der Waals surface area contributed by atoms with Gasteiger partial charge in [-0.2, -0.15) is 0 Å². The van der Waals surface area contributed by atoms with Crippen LogP contribution in [0.1, 0.15) is 26.7 Å². The molecular weight excluding hydrogens is 200 g/mol. The third-order valence-electron chi connectivity index (χ3n) is 1.79. The predicted octanol–water partition coefficient (Wildman–Crippen LogP) is 2.04. The van der Waals surface area contributed by atoms with E-state index in [-0.39, 0.29) is 5.97 Å². The second-order valence-corrected chi connectivity index (χ2v) is 6.85. The lowest BCUT2D eigenvalue weighted by molar-refractivity contribution is -0.166. The van der Waals surface area contributed by atoms with Crippen molar-refractivity contribution in [2.75, 3.05) is 7.11 Å². The molecule has 0 N–H and O–H groups in total. The molecule has 0 bridgehead atoms. The van der Waals surface area contributed by atoms with Crippen LogP contribution in [0.5, 0.6) is 0 Å². The Bertz CT molecular complexity index is 182. The summed E-state index contributed by atoms with van der Waals surface area (Å²) in [6, 6.07) is 0. The number of rotatable bonds is 6. The van der Waals surface area contributed by atoms with Crippen LogP contribution in [0.3, 0.4) is 0 Å². The van der Waals surface area contributed by atoms with E-state index in [0.717, 1.165) is 0 Å². The molecule has 1 unspecified atom stereocenters. The predicted molar refractivity (Wildman–Crippen MR) is 56.0 cm³/mol.